The molecule has 0 aliphatic rings. The Kier molecular flexibility index (Phi) is 5.56. The number of alkyl halides is 3. The highest BCUT2D eigenvalue weighted by atomic mass is 19.4. The highest BCUT2D eigenvalue weighted by molar-refractivity contribution is 5.78. The molecule has 0 fully saturated rings. The fraction of sp³-hybridized carbons (Fsp3) is 0.500. The maximum absolute atomic E-state index is 12.6. The third-order valence-electron chi connectivity index (χ3n) is 2.73. The third-order valence-corrected chi connectivity index (χ3v) is 2.73. The van der Waals surface area contributed by atoms with E-state index in [1.165, 1.54) is 6.07 Å². The minimum Gasteiger partial charge on any atom is -0.353 e. The van der Waals surface area contributed by atoms with Crippen molar-refractivity contribution in [2.24, 2.45) is 0 Å². The molecule has 1 aromatic rings. The van der Waals surface area contributed by atoms with Gasteiger partial charge in [0.25, 0.3) is 0 Å². The van der Waals surface area contributed by atoms with E-state index >= 15 is 0 Å². The van der Waals surface area contributed by atoms with Crippen LogP contribution in [0.2, 0.25) is 0 Å². The second-order valence-electron chi connectivity index (χ2n) is 4.95. The van der Waals surface area contributed by atoms with Gasteiger partial charge in [-0.15, -0.1) is 0 Å². The Morgan fingerprint density at radius 3 is 2.45 bits per heavy atom. The van der Waals surface area contributed by atoms with Crippen molar-refractivity contribution in [2.45, 2.75) is 39.0 Å². The van der Waals surface area contributed by atoms with Gasteiger partial charge < -0.3 is 10.6 Å². The lowest BCUT2D eigenvalue weighted by atomic mass is 10.0. The summed E-state index contributed by atoms with van der Waals surface area (Å²) in [6.45, 7) is 5.47. The van der Waals surface area contributed by atoms with E-state index < -0.39 is 11.7 Å². The number of benzene rings is 1. The summed E-state index contributed by atoms with van der Waals surface area (Å²) in [5.74, 6) is -0.182. The Balaban J connectivity index is 2.64. The first-order valence-corrected chi connectivity index (χ1v) is 6.40. The number of carbonyl (C=O) groups excluding carboxylic acids is 1. The normalized spacial score (nSPS) is 13.3. The first-order valence-electron chi connectivity index (χ1n) is 6.40. The molecule has 0 radical (unpaired) electrons. The van der Waals surface area contributed by atoms with E-state index in [0.717, 1.165) is 12.1 Å². The molecule has 0 aliphatic carbocycles. The third kappa shape index (κ3) is 5.21. The van der Waals surface area contributed by atoms with Gasteiger partial charge >= 0.3 is 6.18 Å². The van der Waals surface area contributed by atoms with E-state index in [-0.39, 0.29) is 24.5 Å². The van der Waals surface area contributed by atoms with Gasteiger partial charge in [-0.25, -0.2) is 0 Å². The molecule has 0 spiro atoms. The van der Waals surface area contributed by atoms with Crippen LogP contribution in [0.1, 0.15) is 37.9 Å². The molecule has 112 valence electrons. The second kappa shape index (κ2) is 6.74. The number of hydrogen-bond acceptors (Lipinski definition) is 2. The van der Waals surface area contributed by atoms with Crippen LogP contribution in [0.4, 0.5) is 13.2 Å². The van der Waals surface area contributed by atoms with Crippen molar-refractivity contribution in [2.75, 3.05) is 6.54 Å². The minimum atomic E-state index is -4.36. The molecule has 0 bridgehead atoms. The number of hydrogen-bond donors (Lipinski definition) is 2. The SMILES string of the molecule is CC(C)NC(=O)CNC(C)c1cccc(C(F)(F)F)c1. The number of nitrogens with one attached hydrogen (secondary N) is 2. The van der Waals surface area contributed by atoms with Crippen molar-refractivity contribution in [3.63, 3.8) is 0 Å². The van der Waals surface area contributed by atoms with Gasteiger partial charge in [0.15, 0.2) is 0 Å². The molecule has 0 aliphatic heterocycles. The number of carbonyl (C=O) groups is 1. The Morgan fingerprint density at radius 2 is 1.90 bits per heavy atom. The molecule has 0 saturated carbocycles. The molecule has 1 unspecified atom stereocenters. The lowest BCUT2D eigenvalue weighted by molar-refractivity contribution is -0.137. The molecular weight excluding hydrogens is 269 g/mol. The van der Waals surface area contributed by atoms with Crippen molar-refractivity contribution in [3.8, 4) is 0 Å². The largest absolute Gasteiger partial charge is 0.416 e. The lowest BCUT2D eigenvalue weighted by Gasteiger charge is -2.16. The van der Waals surface area contributed by atoms with Gasteiger partial charge in [0, 0.05) is 12.1 Å². The minimum absolute atomic E-state index is 0.0353. The summed E-state index contributed by atoms with van der Waals surface area (Å²) in [7, 11) is 0. The first-order chi connectivity index (χ1) is 9.20. The standard InChI is InChI=1S/C14H19F3N2O/c1-9(2)19-13(20)8-18-10(3)11-5-4-6-12(7-11)14(15,16)17/h4-7,9-10,18H,8H2,1-3H3,(H,19,20). The average Bonchev–Trinajstić information content (AvgIpc) is 2.34. The Bertz CT molecular complexity index is 458. The number of halogens is 3. The Hall–Kier alpha value is -1.56. The average molecular weight is 288 g/mol. The zero-order chi connectivity index (χ0) is 15.3. The molecule has 20 heavy (non-hydrogen) atoms. The Morgan fingerprint density at radius 1 is 1.25 bits per heavy atom. The van der Waals surface area contributed by atoms with Gasteiger partial charge in [-0.05, 0) is 38.5 Å². The zero-order valence-corrected chi connectivity index (χ0v) is 11.7. The lowest BCUT2D eigenvalue weighted by Crippen LogP contribution is -2.38. The van der Waals surface area contributed by atoms with Gasteiger partial charge in [0.1, 0.15) is 0 Å². The predicted octanol–water partition coefficient (Wildman–Crippen LogP) is 2.88. The van der Waals surface area contributed by atoms with Crippen LogP contribution in [0.3, 0.4) is 0 Å². The molecule has 0 heterocycles. The van der Waals surface area contributed by atoms with Gasteiger partial charge in [-0.2, -0.15) is 13.2 Å². The molecule has 2 N–H and O–H groups in total. The molecule has 1 atom stereocenters. The molecule has 6 heteroatoms. The molecule has 0 aromatic heterocycles. The van der Waals surface area contributed by atoms with Crippen molar-refractivity contribution >= 4 is 5.91 Å². The summed E-state index contributed by atoms with van der Waals surface area (Å²) in [4.78, 5) is 11.5. The van der Waals surface area contributed by atoms with Crippen LogP contribution in [0, 0.1) is 0 Å². The first kappa shape index (κ1) is 16.5. The van der Waals surface area contributed by atoms with Crippen LogP contribution in [0.5, 0.6) is 0 Å². The van der Waals surface area contributed by atoms with E-state index in [2.05, 4.69) is 10.6 Å². The van der Waals surface area contributed by atoms with E-state index in [1.807, 2.05) is 13.8 Å². The summed E-state index contributed by atoms with van der Waals surface area (Å²) < 4.78 is 37.8. The summed E-state index contributed by atoms with van der Waals surface area (Å²) in [6, 6.07) is 4.79. The molecule has 1 amide bonds. The van der Waals surface area contributed by atoms with E-state index in [0.29, 0.717) is 5.56 Å². The van der Waals surface area contributed by atoms with Crippen molar-refractivity contribution in [3.05, 3.63) is 35.4 Å². The van der Waals surface area contributed by atoms with E-state index in [4.69, 9.17) is 0 Å². The summed E-state index contributed by atoms with van der Waals surface area (Å²) in [5.41, 5.74) is -0.188. The van der Waals surface area contributed by atoms with Crippen molar-refractivity contribution in [1.82, 2.24) is 10.6 Å². The highest BCUT2D eigenvalue weighted by Gasteiger charge is 2.30. The molecule has 3 nitrogen and oxygen atoms in total. The Labute approximate surface area is 116 Å². The number of rotatable bonds is 5. The maximum Gasteiger partial charge on any atom is 0.416 e. The van der Waals surface area contributed by atoms with Crippen LogP contribution >= 0.6 is 0 Å². The molecule has 1 aromatic carbocycles. The summed E-state index contributed by atoms with van der Waals surface area (Å²) in [5, 5.41) is 5.61. The van der Waals surface area contributed by atoms with Crippen molar-refractivity contribution < 1.29 is 18.0 Å². The second-order valence-corrected chi connectivity index (χ2v) is 4.95. The monoisotopic (exact) mass is 288 g/mol. The van der Waals surface area contributed by atoms with Crippen LogP contribution in [0.25, 0.3) is 0 Å². The smallest absolute Gasteiger partial charge is 0.353 e. The van der Waals surface area contributed by atoms with E-state index in [1.54, 1.807) is 13.0 Å². The van der Waals surface area contributed by atoms with E-state index in [9.17, 15) is 18.0 Å². The van der Waals surface area contributed by atoms with Gasteiger partial charge in [-0.1, -0.05) is 12.1 Å². The topological polar surface area (TPSA) is 41.1 Å². The summed E-state index contributed by atoms with van der Waals surface area (Å²) >= 11 is 0. The van der Waals surface area contributed by atoms with Crippen molar-refractivity contribution in [1.29, 1.82) is 0 Å². The van der Waals surface area contributed by atoms with Gasteiger partial charge in [0.05, 0.1) is 12.1 Å². The predicted molar refractivity (Wildman–Crippen MR) is 71.1 cm³/mol. The molecular formula is C14H19F3N2O. The maximum atomic E-state index is 12.6. The molecule has 0 saturated heterocycles. The van der Waals surface area contributed by atoms with Crippen LogP contribution in [-0.4, -0.2) is 18.5 Å². The number of amides is 1. The van der Waals surface area contributed by atoms with Gasteiger partial charge in [0.2, 0.25) is 5.91 Å². The summed E-state index contributed by atoms with van der Waals surface area (Å²) in [6.07, 6.45) is -4.36. The quantitative estimate of drug-likeness (QED) is 0.874. The fourth-order valence-corrected chi connectivity index (χ4v) is 1.72. The van der Waals surface area contributed by atoms with Crippen LogP contribution in [-0.2, 0) is 11.0 Å². The van der Waals surface area contributed by atoms with Crippen LogP contribution < -0.4 is 10.6 Å². The van der Waals surface area contributed by atoms with Crippen LogP contribution in [0.15, 0.2) is 24.3 Å². The fourth-order valence-electron chi connectivity index (χ4n) is 1.72. The highest BCUT2D eigenvalue weighted by Crippen LogP contribution is 2.30. The zero-order valence-electron chi connectivity index (χ0n) is 11.7. The van der Waals surface area contributed by atoms with Gasteiger partial charge in [-0.3, -0.25) is 4.79 Å². The molecule has 1 rings (SSSR count).